The molecule has 0 saturated carbocycles. The van der Waals surface area contributed by atoms with Gasteiger partial charge in [0, 0.05) is 24.8 Å². The topological polar surface area (TPSA) is 89.0 Å². The number of hydrogen-bond donors (Lipinski definition) is 1. The van der Waals surface area contributed by atoms with Gasteiger partial charge in [-0.1, -0.05) is 0 Å². The average molecular weight is 345 g/mol. The van der Waals surface area contributed by atoms with E-state index in [-0.39, 0.29) is 5.56 Å². The molecule has 0 radical (unpaired) electrons. The number of rotatable bonds is 3. The molecular weight excluding hydrogens is 335 g/mol. The van der Waals surface area contributed by atoms with Gasteiger partial charge < -0.3 is 5.32 Å². The van der Waals surface area contributed by atoms with Crippen LogP contribution in [0.25, 0.3) is 0 Å². The van der Waals surface area contributed by atoms with Gasteiger partial charge in [0.1, 0.15) is 0 Å². The Balaban J connectivity index is 2.48. The third kappa shape index (κ3) is 4.03. The molecule has 2 aromatic heterocycles. The van der Waals surface area contributed by atoms with Crippen LogP contribution in [0.4, 0.5) is 18.9 Å². The highest BCUT2D eigenvalue weighted by molar-refractivity contribution is 7.90. The predicted octanol–water partition coefficient (Wildman–Crippen LogP) is 2.15. The Morgan fingerprint density at radius 2 is 1.96 bits per heavy atom. The molecule has 2 rings (SSSR count). The maximum Gasteiger partial charge on any atom is 0.417 e. The van der Waals surface area contributed by atoms with Crippen LogP contribution in [0.2, 0.25) is 0 Å². The van der Waals surface area contributed by atoms with E-state index in [1.54, 1.807) is 0 Å². The van der Waals surface area contributed by atoms with Gasteiger partial charge in [-0.05, 0) is 18.2 Å². The Labute approximate surface area is 129 Å². The van der Waals surface area contributed by atoms with Gasteiger partial charge in [-0.15, -0.1) is 0 Å². The molecule has 0 atom stereocenters. The van der Waals surface area contributed by atoms with Gasteiger partial charge >= 0.3 is 6.18 Å². The fourth-order valence-electron chi connectivity index (χ4n) is 1.68. The van der Waals surface area contributed by atoms with Crippen molar-refractivity contribution in [1.82, 2.24) is 9.97 Å². The van der Waals surface area contributed by atoms with E-state index in [2.05, 4.69) is 15.3 Å². The number of pyridine rings is 2. The highest BCUT2D eigenvalue weighted by atomic mass is 32.2. The Hall–Kier alpha value is -2.49. The van der Waals surface area contributed by atoms with E-state index >= 15 is 0 Å². The average Bonchev–Trinajstić information content (AvgIpc) is 2.46. The van der Waals surface area contributed by atoms with Crippen molar-refractivity contribution < 1.29 is 26.4 Å². The van der Waals surface area contributed by atoms with Gasteiger partial charge in [0.2, 0.25) is 0 Å². The van der Waals surface area contributed by atoms with Crippen molar-refractivity contribution in [2.75, 3.05) is 11.6 Å². The Kier molecular flexibility index (Phi) is 4.37. The summed E-state index contributed by atoms with van der Waals surface area (Å²) >= 11 is 0. The molecule has 0 spiro atoms. The van der Waals surface area contributed by atoms with E-state index in [1.165, 1.54) is 24.5 Å². The summed E-state index contributed by atoms with van der Waals surface area (Å²) in [6.45, 7) is 0. The molecule has 0 aromatic carbocycles. The van der Waals surface area contributed by atoms with E-state index in [4.69, 9.17) is 0 Å². The lowest BCUT2D eigenvalue weighted by Gasteiger charge is -2.12. The summed E-state index contributed by atoms with van der Waals surface area (Å²) < 4.78 is 61.5. The molecule has 0 unspecified atom stereocenters. The predicted molar refractivity (Wildman–Crippen MR) is 74.5 cm³/mol. The second-order valence-electron chi connectivity index (χ2n) is 4.54. The lowest BCUT2D eigenvalue weighted by molar-refractivity contribution is -0.137. The lowest BCUT2D eigenvalue weighted by Crippen LogP contribution is -2.17. The highest BCUT2D eigenvalue weighted by Crippen LogP contribution is 2.32. The minimum absolute atomic E-state index is 0.0596. The quantitative estimate of drug-likeness (QED) is 0.921. The molecule has 0 bridgehead atoms. The second kappa shape index (κ2) is 5.95. The van der Waals surface area contributed by atoms with Crippen molar-refractivity contribution in [2.45, 2.75) is 11.2 Å². The first-order chi connectivity index (χ1) is 10.6. The van der Waals surface area contributed by atoms with Gasteiger partial charge in [-0.2, -0.15) is 13.2 Å². The number of carbonyl (C=O) groups is 1. The number of nitrogens with one attached hydrogen (secondary N) is 1. The minimum Gasteiger partial charge on any atom is -0.319 e. The van der Waals surface area contributed by atoms with Gasteiger partial charge in [-0.3, -0.25) is 9.78 Å². The maximum absolute atomic E-state index is 12.7. The summed E-state index contributed by atoms with van der Waals surface area (Å²) in [5.74, 6) is -0.802. The first-order valence-electron chi connectivity index (χ1n) is 6.08. The SMILES string of the molecule is CS(=O)(=O)c1ncc(C(F)(F)F)cc1NC(=O)c1cccnc1. The number of carbonyl (C=O) groups excluding carboxylic acids is 1. The Morgan fingerprint density at radius 3 is 2.48 bits per heavy atom. The van der Waals surface area contributed by atoms with Crippen LogP contribution in [-0.2, 0) is 16.0 Å². The van der Waals surface area contributed by atoms with Gasteiger partial charge in [0.25, 0.3) is 5.91 Å². The van der Waals surface area contributed by atoms with Crippen molar-refractivity contribution in [3.05, 3.63) is 47.9 Å². The van der Waals surface area contributed by atoms with Gasteiger partial charge in [0.15, 0.2) is 14.9 Å². The number of alkyl halides is 3. The number of anilines is 1. The van der Waals surface area contributed by atoms with Crippen LogP contribution in [0.1, 0.15) is 15.9 Å². The first-order valence-corrected chi connectivity index (χ1v) is 7.97. The molecule has 0 fully saturated rings. The van der Waals surface area contributed by atoms with Crippen LogP contribution in [0.15, 0.2) is 41.8 Å². The number of amides is 1. The maximum atomic E-state index is 12.7. The zero-order chi connectivity index (χ0) is 17.3. The fourth-order valence-corrected chi connectivity index (χ4v) is 2.44. The summed E-state index contributed by atoms with van der Waals surface area (Å²) in [5, 5.41) is 1.48. The monoisotopic (exact) mass is 345 g/mol. The third-order valence-electron chi connectivity index (χ3n) is 2.70. The second-order valence-corrected chi connectivity index (χ2v) is 6.47. The normalized spacial score (nSPS) is 12.0. The zero-order valence-corrected chi connectivity index (χ0v) is 12.4. The molecule has 122 valence electrons. The number of halogens is 3. The van der Waals surface area contributed by atoms with Crippen molar-refractivity contribution in [3.63, 3.8) is 0 Å². The first kappa shape index (κ1) is 16.9. The van der Waals surface area contributed by atoms with Crippen LogP contribution in [0.5, 0.6) is 0 Å². The van der Waals surface area contributed by atoms with Gasteiger partial charge in [0.05, 0.1) is 16.8 Å². The highest BCUT2D eigenvalue weighted by Gasteiger charge is 2.33. The van der Waals surface area contributed by atoms with Crippen molar-refractivity contribution >= 4 is 21.4 Å². The largest absolute Gasteiger partial charge is 0.417 e. The summed E-state index contributed by atoms with van der Waals surface area (Å²) in [7, 11) is -3.93. The van der Waals surface area contributed by atoms with Crippen LogP contribution in [-0.4, -0.2) is 30.5 Å². The molecule has 2 aromatic rings. The summed E-state index contributed by atoms with van der Waals surface area (Å²) in [5.41, 5.74) is -1.66. The standard InChI is InChI=1S/C13H10F3N3O3S/c1-23(21,22)12-10(5-9(7-18-12)13(14,15)16)19-11(20)8-3-2-4-17-6-8/h2-7H,1H3,(H,19,20). The number of sulfone groups is 1. The molecule has 2 heterocycles. The molecule has 0 aliphatic carbocycles. The van der Waals surface area contributed by atoms with E-state index in [0.29, 0.717) is 12.3 Å². The molecule has 0 aliphatic heterocycles. The van der Waals surface area contributed by atoms with Crippen LogP contribution < -0.4 is 5.32 Å². The van der Waals surface area contributed by atoms with E-state index in [0.717, 1.165) is 6.26 Å². The van der Waals surface area contributed by atoms with Crippen LogP contribution in [0.3, 0.4) is 0 Å². The molecule has 1 amide bonds. The summed E-state index contributed by atoms with van der Waals surface area (Å²) in [4.78, 5) is 19.0. The minimum atomic E-state index is -4.73. The Morgan fingerprint density at radius 1 is 1.26 bits per heavy atom. The molecule has 0 saturated heterocycles. The molecule has 6 nitrogen and oxygen atoms in total. The lowest BCUT2D eigenvalue weighted by atomic mass is 10.2. The Bertz CT molecular complexity index is 837. The molecule has 23 heavy (non-hydrogen) atoms. The molecule has 0 aliphatic rings. The van der Waals surface area contributed by atoms with Crippen molar-refractivity contribution in [2.24, 2.45) is 0 Å². The zero-order valence-electron chi connectivity index (χ0n) is 11.6. The van der Waals surface area contributed by atoms with Crippen molar-refractivity contribution in [1.29, 1.82) is 0 Å². The molecule has 1 N–H and O–H groups in total. The third-order valence-corrected chi connectivity index (χ3v) is 3.73. The van der Waals surface area contributed by atoms with Crippen LogP contribution >= 0.6 is 0 Å². The summed E-state index contributed by atoms with van der Waals surface area (Å²) in [6, 6.07) is 3.36. The van der Waals surface area contributed by atoms with E-state index in [1.807, 2.05) is 0 Å². The summed E-state index contributed by atoms with van der Waals surface area (Å²) in [6.07, 6.45) is -0.948. The molecule has 10 heteroatoms. The number of nitrogens with zero attached hydrogens (tertiary/aromatic N) is 2. The molecular formula is C13H10F3N3O3S. The van der Waals surface area contributed by atoms with Crippen molar-refractivity contribution in [3.8, 4) is 0 Å². The smallest absolute Gasteiger partial charge is 0.319 e. The van der Waals surface area contributed by atoms with E-state index in [9.17, 15) is 26.4 Å². The van der Waals surface area contributed by atoms with Gasteiger partial charge in [-0.25, -0.2) is 13.4 Å². The van der Waals surface area contributed by atoms with E-state index < -0.39 is 38.2 Å². The fraction of sp³-hybridized carbons (Fsp3) is 0.154. The number of hydrogen-bond acceptors (Lipinski definition) is 5. The number of aromatic nitrogens is 2. The van der Waals surface area contributed by atoms with Crippen LogP contribution in [0, 0.1) is 0 Å².